The zero-order valence-electron chi connectivity index (χ0n) is 14.3. The molecule has 25 heavy (non-hydrogen) atoms. The average molecular weight is 339 g/mol. The Hall–Kier alpha value is -2.40. The van der Waals surface area contributed by atoms with E-state index in [4.69, 9.17) is 0 Å². The van der Waals surface area contributed by atoms with Crippen LogP contribution in [0.1, 0.15) is 49.0 Å². The lowest BCUT2D eigenvalue weighted by molar-refractivity contribution is 0.171. The van der Waals surface area contributed by atoms with Crippen LogP contribution in [0.5, 0.6) is 0 Å². The van der Waals surface area contributed by atoms with Crippen LogP contribution in [0.15, 0.2) is 54.9 Å². The molecule has 1 saturated carbocycles. The van der Waals surface area contributed by atoms with E-state index in [-0.39, 0.29) is 18.6 Å². The number of urea groups is 1. The van der Waals surface area contributed by atoms with Crippen molar-refractivity contribution in [1.82, 2.24) is 15.6 Å². The molecule has 1 aliphatic carbocycles. The van der Waals surface area contributed by atoms with E-state index in [1.54, 1.807) is 24.5 Å². The Morgan fingerprint density at radius 2 is 1.84 bits per heavy atom. The standard InChI is InChI=1S/C20H25N3O2/c24-18(17-11-6-12-21-13-17)14-22-20(25)23-19(16-9-4-5-10-16)15-7-2-1-3-8-15/h1-3,6-8,11-13,16,18-19,24H,4-5,9-10,14H2,(H2,22,23,25). The van der Waals surface area contributed by atoms with E-state index in [1.165, 1.54) is 12.8 Å². The molecular formula is C20H25N3O2. The van der Waals surface area contributed by atoms with Gasteiger partial charge in [0.15, 0.2) is 0 Å². The van der Waals surface area contributed by atoms with Crippen molar-refractivity contribution >= 4 is 6.03 Å². The van der Waals surface area contributed by atoms with E-state index in [9.17, 15) is 9.90 Å². The lowest BCUT2D eigenvalue weighted by Gasteiger charge is -2.25. The Morgan fingerprint density at radius 3 is 2.52 bits per heavy atom. The number of carbonyl (C=O) groups is 1. The highest BCUT2D eigenvalue weighted by atomic mass is 16.3. The van der Waals surface area contributed by atoms with Crippen LogP contribution in [0.4, 0.5) is 4.79 Å². The van der Waals surface area contributed by atoms with E-state index >= 15 is 0 Å². The Labute approximate surface area is 148 Å². The number of nitrogens with zero attached hydrogens (tertiary/aromatic N) is 1. The second-order valence-electron chi connectivity index (χ2n) is 6.59. The smallest absolute Gasteiger partial charge is 0.315 e. The minimum atomic E-state index is -0.763. The normalized spacial score (nSPS) is 17.0. The van der Waals surface area contributed by atoms with Crippen LogP contribution in [-0.2, 0) is 0 Å². The summed E-state index contributed by atoms with van der Waals surface area (Å²) < 4.78 is 0. The van der Waals surface area contributed by atoms with Gasteiger partial charge in [-0.3, -0.25) is 4.98 Å². The number of carbonyl (C=O) groups excluding carboxylic acids is 1. The number of benzene rings is 1. The largest absolute Gasteiger partial charge is 0.387 e. The van der Waals surface area contributed by atoms with Crippen LogP contribution < -0.4 is 10.6 Å². The molecule has 1 aromatic heterocycles. The van der Waals surface area contributed by atoms with Crippen molar-refractivity contribution in [2.45, 2.75) is 37.8 Å². The number of pyridine rings is 1. The maximum atomic E-state index is 12.4. The molecule has 5 heteroatoms. The third-order valence-corrected chi connectivity index (χ3v) is 4.84. The fraction of sp³-hybridized carbons (Fsp3) is 0.400. The molecule has 5 nitrogen and oxygen atoms in total. The predicted octanol–water partition coefficient (Wildman–Crippen LogP) is 3.35. The van der Waals surface area contributed by atoms with Crippen LogP contribution in [0.25, 0.3) is 0 Å². The SMILES string of the molecule is O=C(NCC(O)c1cccnc1)NC(c1ccccc1)C1CCCC1. The lowest BCUT2D eigenvalue weighted by Crippen LogP contribution is -2.41. The molecular weight excluding hydrogens is 314 g/mol. The van der Waals surface area contributed by atoms with Crippen molar-refractivity contribution in [3.8, 4) is 0 Å². The number of hydrogen-bond donors (Lipinski definition) is 3. The van der Waals surface area contributed by atoms with Gasteiger partial charge < -0.3 is 15.7 Å². The minimum absolute atomic E-state index is 0.0132. The van der Waals surface area contributed by atoms with Gasteiger partial charge in [0.05, 0.1) is 12.1 Å². The summed E-state index contributed by atoms with van der Waals surface area (Å²) in [6.45, 7) is 0.156. The summed E-state index contributed by atoms with van der Waals surface area (Å²) in [5.41, 5.74) is 1.83. The summed E-state index contributed by atoms with van der Waals surface area (Å²) in [5.74, 6) is 0.469. The second kappa shape index (κ2) is 8.62. The monoisotopic (exact) mass is 339 g/mol. The molecule has 3 rings (SSSR count). The molecule has 1 aromatic carbocycles. The molecule has 0 aliphatic heterocycles. The van der Waals surface area contributed by atoms with E-state index in [0.29, 0.717) is 11.5 Å². The molecule has 0 bridgehead atoms. The number of aliphatic hydroxyl groups excluding tert-OH is 1. The van der Waals surface area contributed by atoms with Crippen LogP contribution in [0.3, 0.4) is 0 Å². The molecule has 2 atom stereocenters. The van der Waals surface area contributed by atoms with Crippen molar-refractivity contribution in [2.24, 2.45) is 5.92 Å². The first kappa shape index (κ1) is 17.4. The summed E-state index contributed by atoms with van der Waals surface area (Å²) in [6.07, 6.45) is 7.21. The number of rotatable bonds is 6. The minimum Gasteiger partial charge on any atom is -0.387 e. The summed E-state index contributed by atoms with van der Waals surface area (Å²) in [5, 5.41) is 16.0. The quantitative estimate of drug-likeness (QED) is 0.755. The molecule has 2 aromatic rings. The van der Waals surface area contributed by atoms with Gasteiger partial charge in [0.1, 0.15) is 0 Å². The maximum Gasteiger partial charge on any atom is 0.315 e. The van der Waals surface area contributed by atoms with Gasteiger partial charge in [-0.05, 0) is 30.4 Å². The van der Waals surface area contributed by atoms with E-state index in [0.717, 1.165) is 18.4 Å². The molecule has 2 unspecified atom stereocenters. The fourth-order valence-corrected chi connectivity index (χ4v) is 3.50. The Morgan fingerprint density at radius 1 is 1.12 bits per heavy atom. The number of amides is 2. The Balaban J connectivity index is 1.58. The first-order valence-corrected chi connectivity index (χ1v) is 8.91. The van der Waals surface area contributed by atoms with Gasteiger partial charge in [-0.2, -0.15) is 0 Å². The third-order valence-electron chi connectivity index (χ3n) is 4.84. The van der Waals surface area contributed by atoms with Crippen LogP contribution in [0.2, 0.25) is 0 Å². The number of aliphatic hydroxyl groups is 1. The topological polar surface area (TPSA) is 74.2 Å². The summed E-state index contributed by atoms with van der Waals surface area (Å²) in [6, 6.07) is 13.4. The fourth-order valence-electron chi connectivity index (χ4n) is 3.50. The second-order valence-corrected chi connectivity index (χ2v) is 6.59. The predicted molar refractivity (Wildman–Crippen MR) is 96.9 cm³/mol. The molecule has 2 amide bonds. The highest BCUT2D eigenvalue weighted by molar-refractivity contribution is 5.74. The maximum absolute atomic E-state index is 12.4. The zero-order valence-corrected chi connectivity index (χ0v) is 14.3. The van der Waals surface area contributed by atoms with Gasteiger partial charge in [0.2, 0.25) is 0 Å². The highest BCUT2D eigenvalue weighted by Crippen LogP contribution is 2.35. The Bertz CT molecular complexity index is 657. The van der Waals surface area contributed by atoms with Crippen molar-refractivity contribution in [3.63, 3.8) is 0 Å². The van der Waals surface area contributed by atoms with Gasteiger partial charge in [0.25, 0.3) is 0 Å². The number of hydrogen-bond acceptors (Lipinski definition) is 3. The van der Waals surface area contributed by atoms with Crippen LogP contribution in [0, 0.1) is 5.92 Å². The lowest BCUT2D eigenvalue weighted by atomic mass is 9.92. The Kier molecular flexibility index (Phi) is 6.01. The number of nitrogens with one attached hydrogen (secondary N) is 2. The van der Waals surface area contributed by atoms with Crippen molar-refractivity contribution < 1.29 is 9.90 Å². The van der Waals surface area contributed by atoms with E-state index < -0.39 is 6.10 Å². The van der Waals surface area contributed by atoms with Gasteiger partial charge in [-0.15, -0.1) is 0 Å². The van der Waals surface area contributed by atoms with Gasteiger partial charge in [0, 0.05) is 24.5 Å². The first-order chi connectivity index (χ1) is 12.2. The molecule has 1 fully saturated rings. The molecule has 3 N–H and O–H groups in total. The van der Waals surface area contributed by atoms with E-state index in [2.05, 4.69) is 27.8 Å². The average Bonchev–Trinajstić information content (AvgIpc) is 3.20. The molecule has 1 aliphatic rings. The van der Waals surface area contributed by atoms with Gasteiger partial charge >= 0.3 is 6.03 Å². The van der Waals surface area contributed by atoms with Gasteiger partial charge in [-0.25, -0.2) is 4.79 Å². The molecule has 0 spiro atoms. The molecule has 0 radical (unpaired) electrons. The third kappa shape index (κ3) is 4.79. The molecule has 0 saturated heterocycles. The van der Waals surface area contributed by atoms with Crippen molar-refractivity contribution in [2.75, 3.05) is 6.54 Å². The molecule has 132 valence electrons. The zero-order chi connectivity index (χ0) is 17.5. The first-order valence-electron chi connectivity index (χ1n) is 8.91. The number of aromatic nitrogens is 1. The van der Waals surface area contributed by atoms with Crippen molar-refractivity contribution in [1.29, 1.82) is 0 Å². The highest BCUT2D eigenvalue weighted by Gasteiger charge is 2.27. The van der Waals surface area contributed by atoms with E-state index in [1.807, 2.05) is 18.2 Å². The van der Waals surface area contributed by atoms with Crippen LogP contribution in [-0.4, -0.2) is 22.7 Å². The van der Waals surface area contributed by atoms with Gasteiger partial charge in [-0.1, -0.05) is 49.2 Å². The van der Waals surface area contributed by atoms with Crippen molar-refractivity contribution in [3.05, 3.63) is 66.0 Å². The molecule has 1 heterocycles. The summed E-state index contributed by atoms with van der Waals surface area (Å²) >= 11 is 0. The summed E-state index contributed by atoms with van der Waals surface area (Å²) in [4.78, 5) is 16.4. The van der Waals surface area contributed by atoms with Crippen LogP contribution >= 0.6 is 0 Å². The summed E-state index contributed by atoms with van der Waals surface area (Å²) in [7, 11) is 0.